The van der Waals surface area contributed by atoms with Crippen LogP contribution in [0.3, 0.4) is 0 Å². The highest BCUT2D eigenvalue weighted by Crippen LogP contribution is 1.86. The first-order chi connectivity index (χ1) is 7.20. The third kappa shape index (κ3) is 9.00. The van der Waals surface area contributed by atoms with Gasteiger partial charge in [0, 0.05) is 18.7 Å². The summed E-state index contributed by atoms with van der Waals surface area (Å²) in [7, 11) is 0. The van der Waals surface area contributed by atoms with Gasteiger partial charge in [0.15, 0.2) is 0 Å². The molecule has 0 aliphatic rings. The molecule has 86 valence electrons. The first-order valence-corrected chi connectivity index (χ1v) is 5.33. The van der Waals surface area contributed by atoms with Crippen LogP contribution in [-0.2, 0) is 14.3 Å². The predicted molar refractivity (Wildman–Crippen MR) is 58.3 cm³/mol. The number of carbonyl (C=O) groups excluding carboxylic acids is 2. The highest BCUT2D eigenvalue weighted by molar-refractivity contribution is 5.94. The van der Waals surface area contributed by atoms with Crippen molar-refractivity contribution in [2.75, 3.05) is 13.2 Å². The van der Waals surface area contributed by atoms with Gasteiger partial charge in [0.25, 0.3) is 0 Å². The molecule has 0 aromatic heterocycles. The fraction of sp³-hybridized carbons (Fsp3) is 0.636. The van der Waals surface area contributed by atoms with Gasteiger partial charge in [0.05, 0.1) is 6.61 Å². The number of carbonyl (C=O) groups is 2. The van der Waals surface area contributed by atoms with E-state index in [1.54, 1.807) is 0 Å². The minimum Gasteiger partial charge on any atom is -0.463 e. The van der Waals surface area contributed by atoms with Gasteiger partial charge in [0.1, 0.15) is 0 Å². The van der Waals surface area contributed by atoms with Crippen molar-refractivity contribution in [3.05, 3.63) is 12.2 Å². The van der Waals surface area contributed by atoms with Crippen molar-refractivity contribution >= 4 is 11.9 Å². The van der Waals surface area contributed by atoms with Crippen molar-refractivity contribution in [3.8, 4) is 0 Å². The average Bonchev–Trinajstić information content (AvgIpc) is 2.24. The van der Waals surface area contributed by atoms with Crippen LogP contribution in [0.5, 0.6) is 0 Å². The van der Waals surface area contributed by atoms with Crippen molar-refractivity contribution in [2.24, 2.45) is 0 Å². The molecule has 0 heterocycles. The van der Waals surface area contributed by atoms with Crippen LogP contribution < -0.4 is 5.32 Å². The molecule has 0 aliphatic carbocycles. The minimum absolute atomic E-state index is 0.253. The second kappa shape index (κ2) is 9.24. The summed E-state index contributed by atoms with van der Waals surface area (Å²) in [6, 6.07) is 0. The normalized spacial score (nSPS) is 10.3. The number of amides is 1. The number of ether oxygens (including phenoxy) is 1. The molecule has 0 rings (SSSR count). The monoisotopic (exact) mass is 213 g/mol. The Morgan fingerprint density at radius 1 is 1.20 bits per heavy atom. The largest absolute Gasteiger partial charge is 0.463 e. The van der Waals surface area contributed by atoms with Gasteiger partial charge in [-0.05, 0) is 12.8 Å². The number of hydrogen-bond acceptors (Lipinski definition) is 3. The summed E-state index contributed by atoms with van der Waals surface area (Å²) < 4.78 is 4.76. The molecule has 0 saturated carbocycles. The second-order valence-corrected chi connectivity index (χ2v) is 3.15. The van der Waals surface area contributed by atoms with Crippen molar-refractivity contribution in [1.82, 2.24) is 5.32 Å². The molecule has 0 spiro atoms. The fourth-order valence-electron chi connectivity index (χ4n) is 0.842. The molecule has 15 heavy (non-hydrogen) atoms. The van der Waals surface area contributed by atoms with Gasteiger partial charge in [-0.15, -0.1) is 0 Å². The molecule has 0 bridgehead atoms. The quantitative estimate of drug-likeness (QED) is 0.395. The van der Waals surface area contributed by atoms with E-state index in [9.17, 15) is 9.59 Å². The zero-order chi connectivity index (χ0) is 11.5. The van der Waals surface area contributed by atoms with Gasteiger partial charge in [-0.25, -0.2) is 4.79 Å². The number of hydrogen-bond donors (Lipinski definition) is 1. The Bertz CT molecular complexity index is 224. The SMILES string of the molecule is CCCCNC(=O)C=CC(=O)OCCC. The summed E-state index contributed by atoms with van der Waals surface area (Å²) in [6.45, 7) is 4.99. The van der Waals surface area contributed by atoms with Crippen LogP contribution in [0.25, 0.3) is 0 Å². The Labute approximate surface area is 90.7 Å². The van der Waals surface area contributed by atoms with Crippen molar-refractivity contribution < 1.29 is 14.3 Å². The molecule has 0 fully saturated rings. The van der Waals surface area contributed by atoms with Crippen molar-refractivity contribution in [3.63, 3.8) is 0 Å². The predicted octanol–water partition coefficient (Wildman–Crippen LogP) is 1.41. The Kier molecular flexibility index (Phi) is 8.43. The highest BCUT2D eigenvalue weighted by atomic mass is 16.5. The summed E-state index contributed by atoms with van der Waals surface area (Å²) in [5, 5.41) is 2.66. The summed E-state index contributed by atoms with van der Waals surface area (Å²) in [6.07, 6.45) is 5.11. The average molecular weight is 213 g/mol. The Balaban J connectivity index is 3.65. The first kappa shape index (κ1) is 13.7. The second-order valence-electron chi connectivity index (χ2n) is 3.15. The van der Waals surface area contributed by atoms with E-state index in [0.29, 0.717) is 13.2 Å². The van der Waals surface area contributed by atoms with Crippen molar-refractivity contribution in [2.45, 2.75) is 33.1 Å². The summed E-state index contributed by atoms with van der Waals surface area (Å²) >= 11 is 0. The highest BCUT2D eigenvalue weighted by Gasteiger charge is 1.98. The molecule has 0 radical (unpaired) electrons. The summed E-state index contributed by atoms with van der Waals surface area (Å²) in [4.78, 5) is 22.0. The maximum Gasteiger partial charge on any atom is 0.330 e. The van der Waals surface area contributed by atoms with Crippen LogP contribution in [0.2, 0.25) is 0 Å². The van der Waals surface area contributed by atoms with Crippen LogP contribution in [0, 0.1) is 0 Å². The summed E-state index contributed by atoms with van der Waals surface area (Å²) in [5.41, 5.74) is 0. The van der Waals surface area contributed by atoms with E-state index in [2.05, 4.69) is 5.32 Å². The summed E-state index contributed by atoms with van der Waals surface area (Å²) in [5.74, 6) is -0.723. The maximum absolute atomic E-state index is 11.1. The lowest BCUT2D eigenvalue weighted by Gasteiger charge is -1.99. The molecule has 0 aromatic rings. The molecule has 0 aliphatic heterocycles. The van der Waals surface area contributed by atoms with Crippen LogP contribution in [-0.4, -0.2) is 25.0 Å². The van der Waals surface area contributed by atoms with Gasteiger partial charge in [-0.3, -0.25) is 4.79 Å². The third-order valence-electron chi connectivity index (χ3n) is 1.65. The number of nitrogens with one attached hydrogen (secondary N) is 1. The Hall–Kier alpha value is -1.32. The zero-order valence-corrected chi connectivity index (χ0v) is 9.41. The van der Waals surface area contributed by atoms with Gasteiger partial charge in [-0.1, -0.05) is 20.3 Å². The van der Waals surface area contributed by atoms with Crippen LogP contribution in [0.15, 0.2) is 12.2 Å². The molecular formula is C11H19NO3. The van der Waals surface area contributed by atoms with Gasteiger partial charge < -0.3 is 10.1 Å². The maximum atomic E-state index is 11.1. The lowest BCUT2D eigenvalue weighted by atomic mass is 10.3. The zero-order valence-electron chi connectivity index (χ0n) is 9.41. The van der Waals surface area contributed by atoms with E-state index in [-0.39, 0.29) is 5.91 Å². The number of unbranched alkanes of at least 4 members (excludes halogenated alkanes) is 1. The smallest absolute Gasteiger partial charge is 0.330 e. The van der Waals surface area contributed by atoms with E-state index in [0.717, 1.165) is 25.3 Å². The first-order valence-electron chi connectivity index (χ1n) is 5.33. The van der Waals surface area contributed by atoms with Crippen LogP contribution in [0.4, 0.5) is 0 Å². The van der Waals surface area contributed by atoms with E-state index >= 15 is 0 Å². The standard InChI is InChI=1S/C11H19NO3/c1-3-5-8-12-10(13)6-7-11(14)15-9-4-2/h6-7H,3-5,8-9H2,1-2H3,(H,12,13). The third-order valence-corrected chi connectivity index (χ3v) is 1.65. The fourth-order valence-corrected chi connectivity index (χ4v) is 0.842. The van der Waals surface area contributed by atoms with Crippen LogP contribution in [0.1, 0.15) is 33.1 Å². The Morgan fingerprint density at radius 3 is 2.53 bits per heavy atom. The molecular weight excluding hydrogens is 194 g/mol. The van der Waals surface area contributed by atoms with Gasteiger partial charge in [0.2, 0.25) is 5.91 Å². The lowest BCUT2D eigenvalue weighted by Crippen LogP contribution is -2.22. The molecule has 1 N–H and O–H groups in total. The molecule has 0 aromatic carbocycles. The molecule has 1 amide bonds. The number of esters is 1. The lowest BCUT2D eigenvalue weighted by molar-refractivity contribution is -0.138. The molecule has 4 heteroatoms. The Morgan fingerprint density at radius 2 is 1.93 bits per heavy atom. The molecule has 0 saturated heterocycles. The molecule has 0 unspecified atom stereocenters. The van der Waals surface area contributed by atoms with E-state index < -0.39 is 5.97 Å². The molecule has 0 atom stereocenters. The topological polar surface area (TPSA) is 55.4 Å². The van der Waals surface area contributed by atoms with Crippen LogP contribution >= 0.6 is 0 Å². The van der Waals surface area contributed by atoms with E-state index in [1.165, 1.54) is 6.08 Å². The minimum atomic E-state index is -0.470. The van der Waals surface area contributed by atoms with E-state index in [1.807, 2.05) is 13.8 Å². The van der Waals surface area contributed by atoms with Crippen molar-refractivity contribution in [1.29, 1.82) is 0 Å². The number of rotatable bonds is 7. The van der Waals surface area contributed by atoms with E-state index in [4.69, 9.17) is 4.74 Å². The van der Waals surface area contributed by atoms with Gasteiger partial charge >= 0.3 is 5.97 Å². The molecule has 4 nitrogen and oxygen atoms in total. The van der Waals surface area contributed by atoms with Gasteiger partial charge in [-0.2, -0.15) is 0 Å².